The van der Waals surface area contributed by atoms with Gasteiger partial charge in [0.15, 0.2) is 17.5 Å². The first-order valence-electron chi connectivity index (χ1n) is 9.03. The number of aryl methyl sites for hydroxylation is 1. The predicted octanol–water partition coefficient (Wildman–Crippen LogP) is 2.59. The summed E-state index contributed by atoms with van der Waals surface area (Å²) in [6.45, 7) is 6.12. The fraction of sp³-hybridized carbons (Fsp3) is 0.316. The van der Waals surface area contributed by atoms with E-state index in [0.29, 0.717) is 17.5 Å². The lowest BCUT2D eigenvalue weighted by molar-refractivity contribution is 0.116. The number of hydrogen-bond donors (Lipinski definition) is 1. The lowest BCUT2D eigenvalue weighted by Crippen LogP contribution is -2.45. The van der Waals surface area contributed by atoms with Gasteiger partial charge in [0, 0.05) is 13.1 Å². The summed E-state index contributed by atoms with van der Waals surface area (Å²) in [6.07, 6.45) is 5.00. The van der Waals surface area contributed by atoms with E-state index < -0.39 is 11.6 Å². The fourth-order valence-electron chi connectivity index (χ4n) is 2.96. The van der Waals surface area contributed by atoms with Crippen LogP contribution in [0.2, 0.25) is 0 Å². The van der Waals surface area contributed by atoms with Crippen LogP contribution in [0.3, 0.4) is 0 Å². The van der Waals surface area contributed by atoms with Gasteiger partial charge in [0.05, 0.1) is 11.1 Å². The van der Waals surface area contributed by atoms with Crippen LogP contribution in [0.15, 0.2) is 53.5 Å². The minimum absolute atomic E-state index is 0.0460. The molecule has 8 nitrogen and oxygen atoms in total. The summed E-state index contributed by atoms with van der Waals surface area (Å²) in [5, 5.41) is 11.9. The highest BCUT2D eigenvalue weighted by atomic mass is 19.1. The molecule has 1 aromatic carbocycles. The quantitative estimate of drug-likeness (QED) is 0.849. The smallest absolute Gasteiger partial charge is 0.206 e. The third-order valence-electron chi connectivity index (χ3n) is 4.43. The topological polar surface area (TPSA) is 70.8 Å². The average molecular weight is 401 g/mol. The van der Waals surface area contributed by atoms with Crippen molar-refractivity contribution in [2.45, 2.75) is 32.9 Å². The van der Waals surface area contributed by atoms with Gasteiger partial charge in [-0.1, -0.05) is 0 Å². The van der Waals surface area contributed by atoms with Gasteiger partial charge in [0.2, 0.25) is 5.88 Å². The number of halogens is 2. The van der Waals surface area contributed by atoms with E-state index in [1.807, 2.05) is 26.8 Å². The molecule has 2 aliphatic heterocycles. The molecule has 1 N–H and O–H groups in total. The van der Waals surface area contributed by atoms with E-state index in [1.54, 1.807) is 27.8 Å². The average Bonchev–Trinajstić information content (AvgIpc) is 3.25. The van der Waals surface area contributed by atoms with E-state index in [-0.39, 0.29) is 23.5 Å². The Labute approximate surface area is 166 Å². The van der Waals surface area contributed by atoms with Crippen molar-refractivity contribution in [3.05, 3.63) is 71.4 Å². The molecule has 0 atom stereocenters. The summed E-state index contributed by atoms with van der Waals surface area (Å²) >= 11 is 0. The van der Waals surface area contributed by atoms with Gasteiger partial charge in [0.25, 0.3) is 0 Å². The molecule has 2 aliphatic rings. The van der Waals surface area contributed by atoms with Crippen molar-refractivity contribution in [1.29, 1.82) is 0 Å². The number of amidine groups is 1. The van der Waals surface area contributed by atoms with Crippen molar-refractivity contribution in [2.75, 3.05) is 0 Å². The van der Waals surface area contributed by atoms with Gasteiger partial charge in [-0.3, -0.25) is 10.1 Å². The maximum absolute atomic E-state index is 14.5. The number of hydrogen-bond acceptors (Lipinski definition) is 7. The number of ether oxygens (including phenoxy) is 1. The largest absolute Gasteiger partial charge is 0.470 e. The van der Waals surface area contributed by atoms with E-state index >= 15 is 0 Å². The highest BCUT2D eigenvalue weighted by molar-refractivity contribution is 6.01. The minimum Gasteiger partial charge on any atom is -0.470 e. The van der Waals surface area contributed by atoms with Crippen LogP contribution in [0, 0.1) is 11.6 Å². The van der Waals surface area contributed by atoms with E-state index in [9.17, 15) is 8.78 Å². The molecular weight excluding hydrogens is 380 g/mol. The summed E-state index contributed by atoms with van der Waals surface area (Å²) in [4.78, 5) is 4.11. The Morgan fingerprint density at radius 3 is 2.66 bits per heavy atom. The van der Waals surface area contributed by atoms with Crippen LogP contribution < -0.4 is 5.43 Å². The Morgan fingerprint density at radius 1 is 1.17 bits per heavy atom. The second-order valence-corrected chi connectivity index (χ2v) is 7.62. The Balaban J connectivity index is 1.65. The number of nitrogens with one attached hydrogen (secondary N) is 1. The molecule has 0 radical (unpaired) electrons. The van der Waals surface area contributed by atoms with Gasteiger partial charge in [-0.15, -0.1) is 5.10 Å². The number of aromatic nitrogens is 3. The molecule has 2 aromatic rings. The number of rotatable bonds is 4. The summed E-state index contributed by atoms with van der Waals surface area (Å²) in [7, 11) is 1.77. The van der Waals surface area contributed by atoms with Crippen molar-refractivity contribution < 1.29 is 13.5 Å². The van der Waals surface area contributed by atoms with Gasteiger partial charge >= 0.3 is 0 Å². The second kappa shape index (κ2) is 6.87. The van der Waals surface area contributed by atoms with Gasteiger partial charge in [-0.05, 0) is 45.0 Å². The monoisotopic (exact) mass is 401 g/mol. The van der Waals surface area contributed by atoms with Gasteiger partial charge in [-0.25, -0.2) is 23.8 Å². The van der Waals surface area contributed by atoms with Crippen molar-refractivity contribution in [1.82, 2.24) is 30.2 Å². The Bertz CT molecular complexity index is 1040. The molecule has 10 heteroatoms. The normalized spacial score (nSPS) is 16.1. The van der Waals surface area contributed by atoms with Crippen molar-refractivity contribution in [2.24, 2.45) is 12.1 Å². The summed E-state index contributed by atoms with van der Waals surface area (Å²) in [5.41, 5.74) is 2.74. The van der Waals surface area contributed by atoms with Gasteiger partial charge < -0.3 is 4.74 Å². The van der Waals surface area contributed by atoms with Crippen LogP contribution in [-0.2, 0) is 18.4 Å². The third kappa shape index (κ3) is 3.53. The number of fused-ring (bicyclic) bond motifs is 1. The van der Waals surface area contributed by atoms with Crippen LogP contribution in [0.5, 0.6) is 0 Å². The lowest BCUT2D eigenvalue weighted by atomic mass is 10.1. The van der Waals surface area contributed by atoms with Crippen LogP contribution in [0.4, 0.5) is 8.78 Å². The molecule has 4 rings (SSSR count). The van der Waals surface area contributed by atoms with Crippen molar-refractivity contribution >= 4 is 5.84 Å². The predicted molar refractivity (Wildman–Crippen MR) is 101 cm³/mol. The first kappa shape index (κ1) is 18.9. The Morgan fingerprint density at radius 2 is 1.97 bits per heavy atom. The van der Waals surface area contributed by atoms with Gasteiger partial charge in [-0.2, -0.15) is 5.10 Å². The third-order valence-corrected chi connectivity index (χ3v) is 4.43. The molecule has 0 unspecified atom stereocenters. The maximum atomic E-state index is 14.5. The van der Waals surface area contributed by atoms with E-state index in [4.69, 9.17) is 4.74 Å². The number of benzene rings is 1. The van der Waals surface area contributed by atoms with Crippen LogP contribution in [-0.4, -0.2) is 36.2 Å². The highest BCUT2D eigenvalue weighted by Gasteiger charge is 2.39. The Kier molecular flexibility index (Phi) is 4.48. The molecule has 29 heavy (non-hydrogen) atoms. The SMILES string of the molecule is Cn1ncnc1COC1=CC=C2N(N1)C(c1cc(F)ccc1F)=NN2C(C)(C)C. The lowest BCUT2D eigenvalue weighted by Gasteiger charge is -2.34. The summed E-state index contributed by atoms with van der Waals surface area (Å²) in [6, 6.07) is 3.28. The number of hydrazone groups is 1. The van der Waals surface area contributed by atoms with E-state index in [2.05, 4.69) is 20.6 Å². The number of allylic oxidation sites excluding steroid dienone is 2. The molecule has 0 aliphatic carbocycles. The zero-order valence-corrected chi connectivity index (χ0v) is 16.5. The maximum Gasteiger partial charge on any atom is 0.206 e. The van der Waals surface area contributed by atoms with Crippen LogP contribution >= 0.6 is 0 Å². The van der Waals surface area contributed by atoms with Crippen LogP contribution in [0.25, 0.3) is 0 Å². The zero-order valence-electron chi connectivity index (χ0n) is 16.5. The second-order valence-electron chi connectivity index (χ2n) is 7.62. The molecule has 0 saturated heterocycles. The highest BCUT2D eigenvalue weighted by Crippen LogP contribution is 2.32. The molecule has 3 heterocycles. The summed E-state index contributed by atoms with van der Waals surface area (Å²) < 4.78 is 35.7. The van der Waals surface area contributed by atoms with Crippen LogP contribution in [0.1, 0.15) is 32.2 Å². The van der Waals surface area contributed by atoms with E-state index in [1.165, 1.54) is 6.33 Å². The zero-order chi connectivity index (χ0) is 20.8. The molecule has 0 spiro atoms. The van der Waals surface area contributed by atoms with Crippen molar-refractivity contribution in [3.8, 4) is 0 Å². The van der Waals surface area contributed by atoms with Gasteiger partial charge in [0.1, 0.15) is 24.6 Å². The minimum atomic E-state index is -0.571. The number of nitrogens with zero attached hydrogens (tertiary/aromatic N) is 6. The molecule has 0 fully saturated rings. The molecule has 1 aromatic heterocycles. The Hall–Kier alpha value is -3.43. The summed E-state index contributed by atoms with van der Waals surface area (Å²) in [5.74, 6) is 0.841. The first-order chi connectivity index (χ1) is 13.7. The van der Waals surface area contributed by atoms with E-state index in [0.717, 1.165) is 18.2 Å². The number of hydrazine groups is 1. The fourth-order valence-corrected chi connectivity index (χ4v) is 2.96. The first-order valence-corrected chi connectivity index (χ1v) is 9.03. The molecule has 0 bridgehead atoms. The molecular formula is C19H21F2N7O. The molecule has 0 amide bonds. The molecule has 0 saturated carbocycles. The van der Waals surface area contributed by atoms with Crippen molar-refractivity contribution in [3.63, 3.8) is 0 Å². The standard InChI is InChI=1S/C19H21F2N7O/c1-19(2,3)28-17-8-7-16(29-10-15-22-11-23-26(15)4)24-27(17)18(25-28)13-9-12(20)5-6-14(13)21/h5-9,11,24H,10H2,1-4H3. The molecule has 152 valence electrons.